The Morgan fingerprint density at radius 1 is 1.47 bits per heavy atom. The van der Waals surface area contributed by atoms with E-state index in [-0.39, 0.29) is 5.97 Å². The number of hydrogen-bond acceptors (Lipinski definition) is 3. The molecular formula is C13H18ClNO2. The minimum Gasteiger partial charge on any atom is -0.469 e. The highest BCUT2D eigenvalue weighted by atomic mass is 35.5. The Bertz CT molecular complexity index is 416. The van der Waals surface area contributed by atoms with Gasteiger partial charge in [-0.05, 0) is 38.5 Å². The van der Waals surface area contributed by atoms with Crippen LogP contribution >= 0.6 is 11.6 Å². The summed E-state index contributed by atoms with van der Waals surface area (Å²) in [5.41, 5.74) is 1.35. The molecule has 0 radical (unpaired) electrons. The minimum atomic E-state index is -0.566. The highest BCUT2D eigenvalue weighted by molar-refractivity contribution is 6.31. The number of ether oxygens (including phenoxy) is 1. The molecule has 0 spiro atoms. The molecule has 0 aliphatic carbocycles. The number of rotatable bonds is 4. The van der Waals surface area contributed by atoms with E-state index in [2.05, 4.69) is 5.32 Å². The molecule has 0 amide bonds. The van der Waals surface area contributed by atoms with Crippen molar-refractivity contribution in [3.63, 3.8) is 0 Å². The molecule has 0 aliphatic heterocycles. The zero-order chi connectivity index (χ0) is 13.1. The highest BCUT2D eigenvalue weighted by Crippen LogP contribution is 2.25. The number of benzene rings is 1. The van der Waals surface area contributed by atoms with Gasteiger partial charge in [-0.3, -0.25) is 4.79 Å². The van der Waals surface area contributed by atoms with Crippen molar-refractivity contribution in [2.75, 3.05) is 19.0 Å². The lowest BCUT2D eigenvalue weighted by Gasteiger charge is -2.23. The molecule has 0 unspecified atom stereocenters. The van der Waals surface area contributed by atoms with Gasteiger partial charge in [0.25, 0.3) is 0 Å². The van der Waals surface area contributed by atoms with Crippen LogP contribution in [-0.2, 0) is 9.53 Å². The zero-order valence-electron chi connectivity index (χ0n) is 10.6. The lowest BCUT2D eigenvalue weighted by Crippen LogP contribution is -2.33. The maximum Gasteiger partial charge on any atom is 0.313 e. The van der Waals surface area contributed by atoms with Crippen LogP contribution in [0.5, 0.6) is 0 Å². The smallest absolute Gasteiger partial charge is 0.313 e. The van der Waals surface area contributed by atoms with Gasteiger partial charge in [0.15, 0.2) is 0 Å². The van der Waals surface area contributed by atoms with Gasteiger partial charge in [-0.15, -0.1) is 0 Å². The van der Waals surface area contributed by atoms with E-state index in [0.29, 0.717) is 11.6 Å². The van der Waals surface area contributed by atoms with Crippen LogP contribution in [0.1, 0.15) is 19.4 Å². The summed E-state index contributed by atoms with van der Waals surface area (Å²) in [5, 5.41) is 3.94. The van der Waals surface area contributed by atoms with Crippen LogP contribution in [0.2, 0.25) is 5.02 Å². The molecule has 4 heteroatoms. The molecule has 1 N–H and O–H groups in total. The second-order valence-electron chi connectivity index (χ2n) is 4.64. The van der Waals surface area contributed by atoms with E-state index in [4.69, 9.17) is 16.3 Å². The normalized spacial score (nSPS) is 11.1. The number of hydrogen-bond donors (Lipinski definition) is 1. The third kappa shape index (κ3) is 3.37. The molecule has 0 aliphatic rings. The van der Waals surface area contributed by atoms with Crippen molar-refractivity contribution in [3.05, 3.63) is 28.8 Å². The van der Waals surface area contributed by atoms with Gasteiger partial charge in [-0.2, -0.15) is 0 Å². The molecule has 1 aromatic carbocycles. The van der Waals surface area contributed by atoms with Crippen molar-refractivity contribution in [1.29, 1.82) is 0 Å². The molecular weight excluding hydrogens is 238 g/mol. The largest absolute Gasteiger partial charge is 0.469 e. The molecule has 0 fully saturated rings. The average molecular weight is 256 g/mol. The van der Waals surface area contributed by atoms with Crippen LogP contribution in [0.15, 0.2) is 18.2 Å². The number of halogens is 1. The summed E-state index contributed by atoms with van der Waals surface area (Å²) in [6.45, 7) is 6.12. The summed E-state index contributed by atoms with van der Waals surface area (Å²) in [7, 11) is 1.40. The SMILES string of the molecule is COC(=O)C(C)(C)CNc1cccc(Cl)c1C. The summed E-state index contributed by atoms with van der Waals surface area (Å²) in [6.07, 6.45) is 0. The number of nitrogens with one attached hydrogen (secondary N) is 1. The molecule has 0 atom stereocenters. The Kier molecular flexibility index (Phi) is 4.40. The van der Waals surface area contributed by atoms with Crippen LogP contribution < -0.4 is 5.32 Å². The van der Waals surface area contributed by atoms with Gasteiger partial charge in [0, 0.05) is 17.3 Å². The second-order valence-corrected chi connectivity index (χ2v) is 5.05. The number of anilines is 1. The maximum atomic E-state index is 11.5. The van der Waals surface area contributed by atoms with Crippen molar-refractivity contribution in [1.82, 2.24) is 0 Å². The minimum absolute atomic E-state index is 0.232. The third-order valence-corrected chi connectivity index (χ3v) is 3.14. The lowest BCUT2D eigenvalue weighted by molar-refractivity contribution is -0.149. The number of carbonyl (C=O) groups is 1. The van der Waals surface area contributed by atoms with Gasteiger partial charge in [0.2, 0.25) is 0 Å². The van der Waals surface area contributed by atoms with Crippen LogP contribution in [0.3, 0.4) is 0 Å². The van der Waals surface area contributed by atoms with Gasteiger partial charge in [-0.25, -0.2) is 0 Å². The first kappa shape index (κ1) is 13.8. The predicted molar refractivity (Wildman–Crippen MR) is 70.5 cm³/mol. The van der Waals surface area contributed by atoms with E-state index >= 15 is 0 Å². The summed E-state index contributed by atoms with van der Waals surface area (Å²) in [6, 6.07) is 5.66. The van der Waals surface area contributed by atoms with E-state index < -0.39 is 5.41 Å². The van der Waals surface area contributed by atoms with E-state index in [1.165, 1.54) is 7.11 Å². The van der Waals surface area contributed by atoms with Crippen molar-refractivity contribution in [2.45, 2.75) is 20.8 Å². The average Bonchev–Trinajstić information content (AvgIpc) is 2.30. The third-order valence-electron chi connectivity index (χ3n) is 2.73. The summed E-state index contributed by atoms with van der Waals surface area (Å²) >= 11 is 6.02. The van der Waals surface area contributed by atoms with Gasteiger partial charge in [-0.1, -0.05) is 17.7 Å². The Morgan fingerprint density at radius 2 is 2.12 bits per heavy atom. The van der Waals surface area contributed by atoms with E-state index in [1.54, 1.807) is 0 Å². The quantitative estimate of drug-likeness (QED) is 0.840. The number of methoxy groups -OCH3 is 1. The van der Waals surface area contributed by atoms with E-state index in [9.17, 15) is 4.79 Å². The molecule has 94 valence electrons. The number of esters is 1. The molecule has 0 heterocycles. The van der Waals surface area contributed by atoms with Crippen molar-refractivity contribution in [3.8, 4) is 0 Å². The summed E-state index contributed by atoms with van der Waals surface area (Å²) in [5.74, 6) is -0.232. The number of carbonyl (C=O) groups excluding carboxylic acids is 1. The van der Waals surface area contributed by atoms with E-state index in [1.807, 2.05) is 39.0 Å². The fraction of sp³-hybridized carbons (Fsp3) is 0.462. The van der Waals surface area contributed by atoms with Crippen LogP contribution in [0.25, 0.3) is 0 Å². The fourth-order valence-electron chi connectivity index (χ4n) is 1.46. The van der Waals surface area contributed by atoms with Gasteiger partial charge in [0.05, 0.1) is 12.5 Å². The van der Waals surface area contributed by atoms with Crippen LogP contribution in [0.4, 0.5) is 5.69 Å². The highest BCUT2D eigenvalue weighted by Gasteiger charge is 2.28. The Labute approximate surface area is 107 Å². The van der Waals surface area contributed by atoms with Gasteiger partial charge in [0.1, 0.15) is 0 Å². The summed E-state index contributed by atoms with van der Waals surface area (Å²) < 4.78 is 4.75. The molecule has 3 nitrogen and oxygen atoms in total. The molecule has 1 aromatic rings. The van der Waals surface area contributed by atoms with E-state index in [0.717, 1.165) is 11.3 Å². The Morgan fingerprint density at radius 3 is 2.71 bits per heavy atom. The fourth-order valence-corrected chi connectivity index (χ4v) is 1.64. The monoisotopic (exact) mass is 255 g/mol. The first-order valence-electron chi connectivity index (χ1n) is 5.46. The Balaban J connectivity index is 2.74. The molecule has 17 heavy (non-hydrogen) atoms. The van der Waals surface area contributed by atoms with Crippen molar-refractivity contribution >= 4 is 23.3 Å². The standard InChI is InChI=1S/C13H18ClNO2/c1-9-10(14)6-5-7-11(9)15-8-13(2,3)12(16)17-4/h5-7,15H,8H2,1-4H3. The second kappa shape index (κ2) is 5.41. The topological polar surface area (TPSA) is 38.3 Å². The molecule has 0 saturated carbocycles. The lowest BCUT2D eigenvalue weighted by atomic mass is 9.93. The van der Waals surface area contributed by atoms with Gasteiger partial charge >= 0.3 is 5.97 Å². The van der Waals surface area contributed by atoms with Crippen molar-refractivity contribution < 1.29 is 9.53 Å². The molecule has 1 rings (SSSR count). The zero-order valence-corrected chi connectivity index (χ0v) is 11.4. The molecule has 0 saturated heterocycles. The van der Waals surface area contributed by atoms with Gasteiger partial charge < -0.3 is 10.1 Å². The molecule has 0 aromatic heterocycles. The molecule has 0 bridgehead atoms. The first-order chi connectivity index (χ1) is 7.88. The van der Waals surface area contributed by atoms with Crippen molar-refractivity contribution in [2.24, 2.45) is 5.41 Å². The Hall–Kier alpha value is -1.22. The van der Waals surface area contributed by atoms with Crippen LogP contribution in [0, 0.1) is 12.3 Å². The predicted octanol–water partition coefficient (Wildman–Crippen LogP) is 3.26. The maximum absolute atomic E-state index is 11.5. The van der Waals surface area contributed by atoms with Crippen LogP contribution in [-0.4, -0.2) is 19.6 Å². The summed E-state index contributed by atoms with van der Waals surface area (Å²) in [4.78, 5) is 11.5. The first-order valence-corrected chi connectivity index (χ1v) is 5.83.